The van der Waals surface area contributed by atoms with E-state index in [1.54, 1.807) is 6.92 Å². The van der Waals surface area contributed by atoms with E-state index < -0.39 is 0 Å². The van der Waals surface area contributed by atoms with Crippen molar-refractivity contribution >= 4 is 21.9 Å². The first-order chi connectivity index (χ1) is 6.74. The Morgan fingerprint density at radius 3 is 2.64 bits per heavy atom. The summed E-state index contributed by atoms with van der Waals surface area (Å²) in [4.78, 5) is 11.0. The van der Waals surface area contributed by atoms with Crippen LogP contribution in [0.2, 0.25) is 0 Å². The summed E-state index contributed by atoms with van der Waals surface area (Å²) in [6.07, 6.45) is 0.666. The number of esters is 1. The zero-order valence-electron chi connectivity index (χ0n) is 8.07. The molecule has 0 aromatic heterocycles. The van der Waals surface area contributed by atoms with Crippen molar-refractivity contribution in [3.63, 3.8) is 0 Å². The number of alkyl halides is 1. The molecule has 0 aliphatic rings. The lowest BCUT2D eigenvalue weighted by Gasteiger charge is -2.08. The predicted molar refractivity (Wildman–Crippen MR) is 59.5 cm³/mol. The first-order valence-electron chi connectivity index (χ1n) is 4.58. The number of ether oxygens (including phenoxy) is 1. The molecule has 3 heteroatoms. The molecule has 2 nitrogen and oxygen atoms in total. The van der Waals surface area contributed by atoms with E-state index in [2.05, 4.69) is 15.9 Å². The lowest BCUT2D eigenvalue weighted by molar-refractivity contribution is -0.142. The highest BCUT2D eigenvalue weighted by Gasteiger charge is 2.15. The number of carbonyl (C=O) groups is 1. The van der Waals surface area contributed by atoms with E-state index in [0.717, 1.165) is 5.56 Å². The van der Waals surface area contributed by atoms with Gasteiger partial charge in [-0.05, 0) is 18.9 Å². The van der Waals surface area contributed by atoms with Crippen molar-refractivity contribution in [1.82, 2.24) is 0 Å². The van der Waals surface area contributed by atoms with Crippen LogP contribution in [0.3, 0.4) is 0 Å². The number of hydrogen-bond acceptors (Lipinski definition) is 2. The Morgan fingerprint density at radius 1 is 1.43 bits per heavy atom. The van der Waals surface area contributed by atoms with E-state index in [-0.39, 0.29) is 10.8 Å². The van der Waals surface area contributed by atoms with Crippen molar-refractivity contribution < 1.29 is 9.53 Å². The normalized spacial score (nSPS) is 12.1. The minimum atomic E-state index is -0.246. The minimum Gasteiger partial charge on any atom is -0.465 e. The van der Waals surface area contributed by atoms with Crippen LogP contribution in [0.1, 0.15) is 12.5 Å². The van der Waals surface area contributed by atoms with E-state index in [1.165, 1.54) is 0 Å². The fourth-order valence-electron chi connectivity index (χ4n) is 1.14. The summed E-state index contributed by atoms with van der Waals surface area (Å²) in [5.41, 5.74) is 1.13. The Morgan fingerprint density at radius 2 is 2.07 bits per heavy atom. The molecule has 0 fully saturated rings. The van der Waals surface area contributed by atoms with Crippen molar-refractivity contribution in [2.75, 3.05) is 6.61 Å². The second-order valence-electron chi connectivity index (χ2n) is 2.91. The standard InChI is InChI=1S/C11H13BrO2/c1-2-14-11(13)10(12)8-9-6-4-3-5-7-9/h3-7,10H,2,8H2,1H3/t10-/m1/s1. The molecule has 0 radical (unpaired) electrons. The molecule has 1 aromatic rings. The summed E-state index contributed by atoms with van der Waals surface area (Å²) in [5, 5.41) is 0. The SMILES string of the molecule is CCOC(=O)[C@H](Br)Cc1ccccc1. The van der Waals surface area contributed by atoms with Gasteiger partial charge in [-0.25, -0.2) is 0 Å². The molecule has 76 valence electrons. The second kappa shape index (κ2) is 5.81. The first kappa shape index (κ1) is 11.2. The third-order valence-electron chi connectivity index (χ3n) is 1.80. The van der Waals surface area contributed by atoms with Gasteiger partial charge in [0.05, 0.1) is 6.61 Å². The summed E-state index contributed by atoms with van der Waals surface area (Å²) in [6.45, 7) is 2.23. The van der Waals surface area contributed by atoms with E-state index in [1.807, 2.05) is 30.3 Å². The van der Waals surface area contributed by atoms with Gasteiger partial charge in [0.1, 0.15) is 4.83 Å². The lowest BCUT2D eigenvalue weighted by Crippen LogP contribution is -2.19. The third kappa shape index (κ3) is 3.50. The van der Waals surface area contributed by atoms with Gasteiger partial charge in [-0.1, -0.05) is 46.3 Å². The minimum absolute atomic E-state index is 0.198. The van der Waals surface area contributed by atoms with Gasteiger partial charge in [0.15, 0.2) is 0 Å². The number of rotatable bonds is 4. The number of benzene rings is 1. The molecule has 0 saturated heterocycles. The molecule has 0 heterocycles. The van der Waals surface area contributed by atoms with E-state index >= 15 is 0 Å². The first-order valence-corrected chi connectivity index (χ1v) is 5.50. The summed E-state index contributed by atoms with van der Waals surface area (Å²) >= 11 is 3.31. The van der Waals surface area contributed by atoms with Crippen LogP contribution in [0.15, 0.2) is 30.3 Å². The van der Waals surface area contributed by atoms with Gasteiger partial charge in [0, 0.05) is 0 Å². The molecule has 0 saturated carbocycles. The van der Waals surface area contributed by atoms with E-state index in [0.29, 0.717) is 13.0 Å². The van der Waals surface area contributed by atoms with Crippen molar-refractivity contribution in [1.29, 1.82) is 0 Å². The van der Waals surface area contributed by atoms with Gasteiger partial charge in [-0.15, -0.1) is 0 Å². The maximum Gasteiger partial charge on any atom is 0.320 e. The Bertz CT molecular complexity index is 285. The highest BCUT2D eigenvalue weighted by Crippen LogP contribution is 2.11. The summed E-state index contributed by atoms with van der Waals surface area (Å²) in [5.74, 6) is -0.198. The van der Waals surface area contributed by atoms with Gasteiger partial charge >= 0.3 is 5.97 Å². The molecule has 0 aliphatic heterocycles. The summed E-state index contributed by atoms with van der Waals surface area (Å²) in [7, 11) is 0. The third-order valence-corrected chi connectivity index (χ3v) is 2.50. The molecule has 1 aromatic carbocycles. The highest BCUT2D eigenvalue weighted by atomic mass is 79.9. The topological polar surface area (TPSA) is 26.3 Å². The monoisotopic (exact) mass is 256 g/mol. The van der Waals surface area contributed by atoms with Gasteiger partial charge < -0.3 is 4.74 Å². The molecule has 0 unspecified atom stereocenters. The average Bonchev–Trinajstić information content (AvgIpc) is 2.19. The van der Waals surface area contributed by atoms with Crippen LogP contribution in [0.25, 0.3) is 0 Å². The summed E-state index contributed by atoms with van der Waals surface area (Å²) < 4.78 is 4.89. The van der Waals surface area contributed by atoms with Crippen molar-refractivity contribution in [2.24, 2.45) is 0 Å². The predicted octanol–water partition coefficient (Wildman–Crippen LogP) is 2.56. The van der Waals surface area contributed by atoms with Gasteiger partial charge in [-0.2, -0.15) is 0 Å². The van der Waals surface area contributed by atoms with Crippen molar-refractivity contribution in [2.45, 2.75) is 18.2 Å². The van der Waals surface area contributed by atoms with Crippen LogP contribution in [0.4, 0.5) is 0 Å². The Kier molecular flexibility index (Phi) is 4.66. The van der Waals surface area contributed by atoms with Crippen LogP contribution in [-0.2, 0) is 16.0 Å². The maximum absolute atomic E-state index is 11.3. The second-order valence-corrected chi connectivity index (χ2v) is 4.01. The summed E-state index contributed by atoms with van der Waals surface area (Å²) in [6, 6.07) is 9.86. The molecule has 1 rings (SSSR count). The molecule has 0 N–H and O–H groups in total. The Balaban J connectivity index is 2.49. The molecule has 14 heavy (non-hydrogen) atoms. The largest absolute Gasteiger partial charge is 0.465 e. The maximum atomic E-state index is 11.3. The molecule has 0 bridgehead atoms. The van der Waals surface area contributed by atoms with Crippen LogP contribution >= 0.6 is 15.9 Å². The molecular weight excluding hydrogens is 244 g/mol. The van der Waals surface area contributed by atoms with Crippen LogP contribution < -0.4 is 0 Å². The molecule has 0 aliphatic carbocycles. The van der Waals surface area contributed by atoms with E-state index in [9.17, 15) is 4.79 Å². The molecular formula is C11H13BrO2. The van der Waals surface area contributed by atoms with Crippen molar-refractivity contribution in [3.8, 4) is 0 Å². The van der Waals surface area contributed by atoms with Gasteiger partial charge in [0.25, 0.3) is 0 Å². The highest BCUT2D eigenvalue weighted by molar-refractivity contribution is 9.10. The molecule has 1 atom stereocenters. The average molecular weight is 257 g/mol. The van der Waals surface area contributed by atoms with Crippen LogP contribution in [0.5, 0.6) is 0 Å². The number of carbonyl (C=O) groups excluding carboxylic acids is 1. The Labute approximate surface area is 92.4 Å². The molecule has 0 amide bonds. The van der Waals surface area contributed by atoms with Crippen LogP contribution in [-0.4, -0.2) is 17.4 Å². The molecule has 0 spiro atoms. The quantitative estimate of drug-likeness (QED) is 0.612. The number of hydrogen-bond donors (Lipinski definition) is 0. The van der Waals surface area contributed by atoms with Gasteiger partial charge in [-0.3, -0.25) is 4.79 Å². The zero-order valence-corrected chi connectivity index (χ0v) is 9.66. The van der Waals surface area contributed by atoms with Gasteiger partial charge in [0.2, 0.25) is 0 Å². The lowest BCUT2D eigenvalue weighted by atomic mass is 10.1. The van der Waals surface area contributed by atoms with Crippen molar-refractivity contribution in [3.05, 3.63) is 35.9 Å². The zero-order chi connectivity index (χ0) is 10.4. The number of halogens is 1. The Hall–Kier alpha value is -0.830. The van der Waals surface area contributed by atoms with E-state index in [4.69, 9.17) is 4.74 Å². The fourth-order valence-corrected chi connectivity index (χ4v) is 1.64. The van der Waals surface area contributed by atoms with Crippen LogP contribution in [0, 0.1) is 0 Å². The smallest absolute Gasteiger partial charge is 0.320 e. The fraction of sp³-hybridized carbons (Fsp3) is 0.364.